The molecule has 2 heterocycles. The largest absolute Gasteiger partial charge is 0.249 e. The van der Waals surface area contributed by atoms with Gasteiger partial charge >= 0.3 is 0 Å². The summed E-state index contributed by atoms with van der Waals surface area (Å²) in [7, 11) is -3.56. The molecule has 0 amide bonds. The summed E-state index contributed by atoms with van der Waals surface area (Å²) >= 11 is 2.63. The van der Waals surface area contributed by atoms with Gasteiger partial charge in [-0.15, -0.1) is 0 Å². The molecule has 3 rings (SSSR count). The van der Waals surface area contributed by atoms with Gasteiger partial charge in [-0.2, -0.15) is 9.57 Å². The molecule has 1 aromatic carbocycles. The Hall–Kier alpha value is -0.800. The summed E-state index contributed by atoms with van der Waals surface area (Å²) < 4.78 is 33.6. The fourth-order valence-corrected chi connectivity index (χ4v) is 5.33. The third-order valence-electron chi connectivity index (χ3n) is 3.61. The van der Waals surface area contributed by atoms with Crippen LogP contribution in [-0.2, 0) is 12.5 Å². The molecule has 0 saturated carbocycles. The van der Waals surface area contributed by atoms with E-state index >= 15 is 0 Å². The number of aromatic nitrogens is 1. The highest BCUT2D eigenvalue weighted by Gasteiger charge is 2.32. The van der Waals surface area contributed by atoms with E-state index in [1.807, 2.05) is 13.0 Å². The second-order valence-electron chi connectivity index (χ2n) is 5.03. The van der Waals surface area contributed by atoms with E-state index in [9.17, 15) is 13.7 Å². The first kappa shape index (κ1) is 16.1. The third kappa shape index (κ3) is 2.52. The Bertz CT molecular complexity index is 882. The minimum absolute atomic E-state index is 0.227. The zero-order chi connectivity index (χ0) is 15.9. The number of nitriles is 1. The van der Waals surface area contributed by atoms with Gasteiger partial charge in [0.1, 0.15) is 51.9 Å². The average Bonchev–Trinajstić information content (AvgIpc) is 2.73. The third-order valence-corrected chi connectivity index (χ3v) is 6.59. The van der Waals surface area contributed by atoms with Crippen molar-refractivity contribution < 1.29 is 10.9 Å². The summed E-state index contributed by atoms with van der Waals surface area (Å²) in [6.45, 7) is 2.93. The summed E-state index contributed by atoms with van der Waals surface area (Å²) in [4.78, 5) is 0.227. The molecule has 0 N–H and O–H groups in total. The number of aryl methyl sites for hydroxylation is 1. The number of nitrogens with zero attached hydrogens (tertiary/aromatic N) is 3. The number of rotatable bonds is 4. The first-order chi connectivity index (χ1) is 10.5. The number of halogens is 1. The predicted molar refractivity (Wildman–Crippen MR) is 92.9 cm³/mol. The minimum atomic E-state index is -3.56. The highest BCUT2D eigenvalue weighted by atomic mass is 127. The number of sulfonamides is 1. The molecular formula is C13H12IN3O3S2. The van der Waals surface area contributed by atoms with Gasteiger partial charge in [0.25, 0.3) is 0 Å². The van der Waals surface area contributed by atoms with Crippen molar-refractivity contribution in [2.45, 2.75) is 18.2 Å². The van der Waals surface area contributed by atoms with Crippen LogP contribution in [0.5, 0.6) is 0 Å². The van der Waals surface area contributed by atoms with Crippen molar-refractivity contribution in [2.75, 3.05) is 13.1 Å². The number of hydrogen-bond acceptors (Lipinski definition) is 5. The summed E-state index contributed by atoms with van der Waals surface area (Å²) in [5.41, 5.74) is 1.69. The fraction of sp³-hybridized carbons (Fsp3) is 0.308. The Balaban J connectivity index is 2.33. The van der Waals surface area contributed by atoms with E-state index in [0.29, 0.717) is 24.3 Å². The Morgan fingerprint density at radius 3 is 2.64 bits per heavy atom. The van der Waals surface area contributed by atoms with Crippen LogP contribution in [0.15, 0.2) is 23.1 Å². The highest BCUT2D eigenvalue weighted by molar-refractivity contribution is 14.1. The molecule has 6 nitrogen and oxygen atoms in total. The number of fused-ring (bicyclic) bond motifs is 1. The van der Waals surface area contributed by atoms with Crippen molar-refractivity contribution in [3.05, 3.63) is 29.5 Å². The molecular weight excluding hydrogens is 437 g/mol. The van der Waals surface area contributed by atoms with Crippen molar-refractivity contribution in [1.29, 1.82) is 5.26 Å². The molecule has 116 valence electrons. The zero-order valence-electron chi connectivity index (χ0n) is 11.6. The second-order valence-corrected chi connectivity index (χ2v) is 8.66. The topological polar surface area (TPSA) is 75.3 Å². The zero-order valence-corrected chi connectivity index (χ0v) is 15.4. The lowest BCUT2D eigenvalue weighted by Gasteiger charge is -2.30. The lowest BCUT2D eigenvalue weighted by atomic mass is 10.2. The van der Waals surface area contributed by atoms with Crippen LogP contribution in [0.2, 0.25) is 0 Å². The predicted octanol–water partition coefficient (Wildman–Crippen LogP) is 2.99. The second kappa shape index (κ2) is 6.01. The van der Waals surface area contributed by atoms with Crippen LogP contribution in [0.3, 0.4) is 0 Å². The Labute approximate surface area is 147 Å². The standard InChI is InChI=1S/C13H12IN3O3S2/c1-9-5-10-7-11(8-15)17(21-20-14)13(10)12(6-9)22(18,19)16-3-2-4-16/h5-7H,2-4H2,1H3. The molecule has 0 bridgehead atoms. The molecule has 0 radical (unpaired) electrons. The molecule has 0 unspecified atom stereocenters. The Morgan fingerprint density at radius 2 is 2.09 bits per heavy atom. The van der Waals surface area contributed by atoms with Gasteiger partial charge < -0.3 is 0 Å². The van der Waals surface area contributed by atoms with Crippen LogP contribution < -0.4 is 0 Å². The summed E-state index contributed by atoms with van der Waals surface area (Å²) in [5.74, 6) is 0. The molecule has 22 heavy (non-hydrogen) atoms. The van der Waals surface area contributed by atoms with Crippen LogP contribution in [0, 0.1) is 18.3 Å². The van der Waals surface area contributed by atoms with E-state index < -0.39 is 10.0 Å². The maximum absolute atomic E-state index is 12.8. The maximum Gasteiger partial charge on any atom is 0.245 e. The van der Waals surface area contributed by atoms with Gasteiger partial charge in [-0.25, -0.2) is 14.9 Å². The Kier molecular flexibility index (Phi) is 4.39. The van der Waals surface area contributed by atoms with Gasteiger partial charge in [-0.3, -0.25) is 0 Å². The normalized spacial score (nSPS) is 15.7. The molecule has 0 spiro atoms. The molecule has 0 aliphatic carbocycles. The van der Waals surface area contributed by atoms with Crippen LogP contribution in [-0.4, -0.2) is 29.8 Å². The number of benzene rings is 1. The average molecular weight is 449 g/mol. The van der Waals surface area contributed by atoms with Crippen molar-refractivity contribution in [3.8, 4) is 6.07 Å². The molecule has 1 saturated heterocycles. The first-order valence-corrected chi connectivity index (χ1v) is 9.53. The van der Waals surface area contributed by atoms with E-state index in [1.165, 1.54) is 8.28 Å². The van der Waals surface area contributed by atoms with E-state index in [-0.39, 0.29) is 4.90 Å². The van der Waals surface area contributed by atoms with E-state index in [0.717, 1.165) is 29.6 Å². The van der Waals surface area contributed by atoms with Crippen molar-refractivity contribution in [3.63, 3.8) is 0 Å². The lowest BCUT2D eigenvalue weighted by molar-refractivity contribution is 0.309. The molecule has 1 fully saturated rings. The molecule has 1 aliphatic heterocycles. The monoisotopic (exact) mass is 449 g/mol. The van der Waals surface area contributed by atoms with E-state index in [2.05, 4.69) is 6.07 Å². The van der Waals surface area contributed by atoms with Gasteiger partial charge in [0.15, 0.2) is 0 Å². The Morgan fingerprint density at radius 1 is 1.36 bits per heavy atom. The highest BCUT2D eigenvalue weighted by Crippen LogP contribution is 2.34. The van der Waals surface area contributed by atoms with Gasteiger partial charge in [-0.05, 0) is 37.1 Å². The van der Waals surface area contributed by atoms with Crippen molar-refractivity contribution >= 4 is 56.2 Å². The maximum atomic E-state index is 12.8. The number of hydrogen-bond donors (Lipinski definition) is 0. The smallest absolute Gasteiger partial charge is 0.245 e. The minimum Gasteiger partial charge on any atom is -0.249 e. The SMILES string of the molecule is Cc1cc(S(=O)(=O)N2CCC2)c2c(c1)cc(C#N)n2SOI. The van der Waals surface area contributed by atoms with Crippen LogP contribution >= 0.6 is 35.2 Å². The fourth-order valence-electron chi connectivity index (χ4n) is 2.47. The van der Waals surface area contributed by atoms with Gasteiger partial charge in [0.05, 0.1) is 5.52 Å². The van der Waals surface area contributed by atoms with Crippen LogP contribution in [0.4, 0.5) is 0 Å². The molecule has 0 atom stereocenters. The van der Waals surface area contributed by atoms with Crippen LogP contribution in [0.1, 0.15) is 17.7 Å². The summed E-state index contributed by atoms with van der Waals surface area (Å²) in [6.07, 6.45) is 0.879. The quantitative estimate of drug-likeness (QED) is 0.530. The van der Waals surface area contributed by atoms with Gasteiger partial charge in [0.2, 0.25) is 10.0 Å². The van der Waals surface area contributed by atoms with Gasteiger partial charge in [0, 0.05) is 18.5 Å². The van der Waals surface area contributed by atoms with E-state index in [1.54, 1.807) is 35.1 Å². The van der Waals surface area contributed by atoms with Crippen LogP contribution in [0.25, 0.3) is 10.9 Å². The van der Waals surface area contributed by atoms with Crippen molar-refractivity contribution in [1.82, 2.24) is 8.28 Å². The van der Waals surface area contributed by atoms with E-state index in [4.69, 9.17) is 2.51 Å². The lowest BCUT2D eigenvalue weighted by Crippen LogP contribution is -2.42. The summed E-state index contributed by atoms with van der Waals surface area (Å²) in [5, 5.41) is 9.99. The first-order valence-electron chi connectivity index (χ1n) is 6.51. The summed E-state index contributed by atoms with van der Waals surface area (Å²) in [6, 6.07) is 7.28. The molecule has 1 aromatic heterocycles. The molecule has 9 heteroatoms. The molecule has 2 aromatic rings. The van der Waals surface area contributed by atoms with Gasteiger partial charge in [-0.1, -0.05) is 0 Å². The van der Waals surface area contributed by atoms with Crippen molar-refractivity contribution in [2.24, 2.45) is 0 Å². The molecule has 1 aliphatic rings.